The fourth-order valence-electron chi connectivity index (χ4n) is 3.68. The summed E-state index contributed by atoms with van der Waals surface area (Å²) in [5.74, 6) is -0.265. The van der Waals surface area contributed by atoms with E-state index in [9.17, 15) is 22.4 Å². The predicted octanol–water partition coefficient (Wildman–Crippen LogP) is 6.13. The molecule has 0 unspecified atom stereocenters. The van der Waals surface area contributed by atoms with Crippen molar-refractivity contribution >= 4 is 5.78 Å². The Labute approximate surface area is 184 Å². The number of halogens is 4. The van der Waals surface area contributed by atoms with E-state index in [1.165, 1.54) is 6.20 Å². The van der Waals surface area contributed by atoms with Crippen molar-refractivity contribution < 1.29 is 31.8 Å². The minimum atomic E-state index is -4.59. The Balaban J connectivity index is 1.39. The van der Waals surface area contributed by atoms with E-state index >= 15 is 0 Å². The molecule has 2 heterocycles. The summed E-state index contributed by atoms with van der Waals surface area (Å²) in [4.78, 5) is 16.5. The normalized spacial score (nSPS) is 15.1. The number of carbonyl (C=O) groups excluding carboxylic acids is 1. The molecule has 0 bridgehead atoms. The molecule has 4 nitrogen and oxygen atoms in total. The van der Waals surface area contributed by atoms with Gasteiger partial charge in [-0.15, -0.1) is 0 Å². The van der Waals surface area contributed by atoms with Gasteiger partial charge >= 0.3 is 6.18 Å². The second-order valence-corrected chi connectivity index (χ2v) is 8.07. The number of ketones is 1. The third kappa shape index (κ3) is 7.38. The zero-order valence-electron chi connectivity index (χ0n) is 17.8. The average Bonchev–Trinajstić information content (AvgIpc) is 2.78. The van der Waals surface area contributed by atoms with Gasteiger partial charge in [-0.3, -0.25) is 9.78 Å². The van der Waals surface area contributed by atoms with Crippen LogP contribution in [0.4, 0.5) is 17.6 Å². The summed E-state index contributed by atoms with van der Waals surface area (Å²) in [6.07, 6.45) is 2.58. The monoisotopic (exact) mass is 453 g/mol. The molecule has 174 valence electrons. The molecule has 1 saturated heterocycles. The summed E-state index contributed by atoms with van der Waals surface area (Å²) in [6.45, 7) is 1.61. The average molecular weight is 453 g/mol. The molecule has 1 aliphatic heterocycles. The molecule has 1 aromatic carbocycles. The maximum Gasteiger partial charge on any atom is 0.416 e. The molecule has 0 aliphatic carbocycles. The fourth-order valence-corrected chi connectivity index (χ4v) is 3.68. The summed E-state index contributed by atoms with van der Waals surface area (Å²) < 4.78 is 62.4. The van der Waals surface area contributed by atoms with Crippen LogP contribution in [0.2, 0.25) is 0 Å². The Kier molecular flexibility index (Phi) is 8.75. The molecular weight excluding hydrogens is 426 g/mol. The summed E-state index contributed by atoms with van der Waals surface area (Å²) in [5, 5.41) is 0. The van der Waals surface area contributed by atoms with Crippen LogP contribution in [0.5, 0.6) is 0 Å². The van der Waals surface area contributed by atoms with E-state index in [2.05, 4.69) is 4.98 Å². The highest BCUT2D eigenvalue weighted by Gasteiger charge is 2.31. The second-order valence-electron chi connectivity index (χ2n) is 8.07. The van der Waals surface area contributed by atoms with Crippen molar-refractivity contribution in [2.45, 2.75) is 57.9 Å². The molecule has 0 saturated carbocycles. The van der Waals surface area contributed by atoms with Crippen LogP contribution >= 0.6 is 0 Å². The van der Waals surface area contributed by atoms with Crippen molar-refractivity contribution in [2.75, 3.05) is 13.2 Å². The highest BCUT2D eigenvalue weighted by molar-refractivity contribution is 5.94. The minimum Gasteiger partial charge on any atom is -0.381 e. The van der Waals surface area contributed by atoms with Gasteiger partial charge in [0.15, 0.2) is 5.78 Å². The van der Waals surface area contributed by atoms with Gasteiger partial charge in [-0.1, -0.05) is 25.0 Å². The summed E-state index contributed by atoms with van der Waals surface area (Å²) in [5.41, 5.74) is 0.0901. The van der Waals surface area contributed by atoms with E-state index in [4.69, 9.17) is 9.47 Å². The first-order valence-electron chi connectivity index (χ1n) is 10.8. The van der Waals surface area contributed by atoms with Crippen molar-refractivity contribution in [1.29, 1.82) is 0 Å². The molecule has 1 aromatic heterocycles. The maximum atomic E-state index is 13.8. The Morgan fingerprint density at radius 2 is 1.88 bits per heavy atom. The van der Waals surface area contributed by atoms with Crippen LogP contribution in [0.15, 0.2) is 36.5 Å². The molecule has 0 spiro atoms. The summed E-state index contributed by atoms with van der Waals surface area (Å²) in [7, 11) is 0. The van der Waals surface area contributed by atoms with Crippen LogP contribution in [0.3, 0.4) is 0 Å². The van der Waals surface area contributed by atoms with E-state index in [0.29, 0.717) is 29.7 Å². The van der Waals surface area contributed by atoms with Crippen LogP contribution < -0.4 is 0 Å². The van der Waals surface area contributed by atoms with Gasteiger partial charge in [0.2, 0.25) is 0 Å². The number of hydrogen-bond acceptors (Lipinski definition) is 4. The standard InChI is InChI=1S/C24H27F4NO3/c25-21-13-20(24(26,27)28)7-6-19(21)16-32-15-18-5-8-22(29-14-18)23(30)4-2-1-3-17-9-11-31-12-10-17/h5-8,13-14,17H,1-4,9-12,15-16H2. The predicted molar refractivity (Wildman–Crippen MR) is 110 cm³/mol. The first kappa shape index (κ1) is 24.3. The lowest BCUT2D eigenvalue weighted by Gasteiger charge is -2.21. The van der Waals surface area contributed by atoms with Crippen molar-refractivity contribution in [3.63, 3.8) is 0 Å². The quantitative estimate of drug-likeness (QED) is 0.247. The molecule has 3 rings (SSSR count). The molecule has 0 N–H and O–H groups in total. The Morgan fingerprint density at radius 3 is 2.53 bits per heavy atom. The van der Waals surface area contributed by atoms with E-state index in [0.717, 1.165) is 57.5 Å². The topological polar surface area (TPSA) is 48.4 Å². The van der Waals surface area contributed by atoms with Gasteiger partial charge in [0.1, 0.15) is 11.5 Å². The molecule has 2 aromatic rings. The maximum absolute atomic E-state index is 13.8. The number of Topliss-reactive ketones (excluding diaryl/α,β-unsaturated/α-hetero) is 1. The van der Waals surface area contributed by atoms with Gasteiger partial charge in [0.25, 0.3) is 0 Å². The van der Waals surface area contributed by atoms with E-state index in [1.807, 2.05) is 0 Å². The van der Waals surface area contributed by atoms with Crippen LogP contribution in [-0.4, -0.2) is 24.0 Å². The highest BCUT2D eigenvalue weighted by Crippen LogP contribution is 2.30. The van der Waals surface area contributed by atoms with E-state index in [1.54, 1.807) is 12.1 Å². The number of aromatic nitrogens is 1. The molecule has 0 radical (unpaired) electrons. The minimum absolute atomic E-state index is 0.00345. The number of rotatable bonds is 10. The molecule has 0 amide bonds. The number of alkyl halides is 3. The fraction of sp³-hybridized carbons (Fsp3) is 0.500. The Hall–Kier alpha value is -2.32. The van der Waals surface area contributed by atoms with E-state index in [-0.39, 0.29) is 24.6 Å². The van der Waals surface area contributed by atoms with Gasteiger partial charge < -0.3 is 9.47 Å². The van der Waals surface area contributed by atoms with Crippen LogP contribution in [-0.2, 0) is 28.9 Å². The SMILES string of the molecule is O=C(CCCCC1CCOCC1)c1ccc(COCc2ccc(C(F)(F)F)cc2F)cn1. The van der Waals surface area contributed by atoms with Gasteiger partial charge in [0, 0.05) is 31.4 Å². The largest absolute Gasteiger partial charge is 0.416 e. The van der Waals surface area contributed by atoms with Crippen LogP contribution in [0, 0.1) is 11.7 Å². The molecule has 32 heavy (non-hydrogen) atoms. The molecule has 1 fully saturated rings. The zero-order valence-corrected chi connectivity index (χ0v) is 17.8. The third-order valence-electron chi connectivity index (χ3n) is 5.62. The number of nitrogens with zero attached hydrogens (tertiary/aromatic N) is 1. The molecule has 8 heteroatoms. The lowest BCUT2D eigenvalue weighted by Crippen LogP contribution is -2.15. The van der Waals surface area contributed by atoms with Gasteiger partial charge in [0.05, 0.1) is 18.8 Å². The lowest BCUT2D eigenvalue weighted by atomic mass is 9.93. The number of unbranched alkanes of at least 4 members (excludes halogenated alkanes) is 1. The number of pyridine rings is 1. The van der Waals surface area contributed by atoms with Crippen molar-refractivity contribution in [3.05, 3.63) is 64.7 Å². The highest BCUT2D eigenvalue weighted by atomic mass is 19.4. The first-order chi connectivity index (χ1) is 15.3. The van der Waals surface area contributed by atoms with Gasteiger partial charge in [-0.05, 0) is 48.9 Å². The summed E-state index contributed by atoms with van der Waals surface area (Å²) in [6, 6.07) is 5.71. The van der Waals surface area contributed by atoms with Gasteiger partial charge in [-0.25, -0.2) is 4.39 Å². The smallest absolute Gasteiger partial charge is 0.381 e. The van der Waals surface area contributed by atoms with E-state index < -0.39 is 17.6 Å². The number of hydrogen-bond donors (Lipinski definition) is 0. The van der Waals surface area contributed by atoms with Crippen molar-refractivity contribution in [2.24, 2.45) is 5.92 Å². The van der Waals surface area contributed by atoms with Crippen molar-refractivity contribution in [1.82, 2.24) is 4.98 Å². The molecular formula is C24H27F4NO3. The third-order valence-corrected chi connectivity index (χ3v) is 5.62. The van der Waals surface area contributed by atoms with Crippen LogP contribution in [0.25, 0.3) is 0 Å². The first-order valence-corrected chi connectivity index (χ1v) is 10.8. The Morgan fingerprint density at radius 1 is 1.09 bits per heavy atom. The number of carbonyl (C=O) groups is 1. The Bertz CT molecular complexity index is 878. The lowest BCUT2D eigenvalue weighted by molar-refractivity contribution is -0.137. The van der Waals surface area contributed by atoms with Gasteiger partial charge in [-0.2, -0.15) is 13.2 Å². The van der Waals surface area contributed by atoms with Crippen molar-refractivity contribution in [3.8, 4) is 0 Å². The zero-order chi connectivity index (χ0) is 23.0. The second kappa shape index (κ2) is 11.5. The van der Waals surface area contributed by atoms with Crippen LogP contribution in [0.1, 0.15) is 65.7 Å². The molecule has 1 aliphatic rings. The number of benzene rings is 1. The summed E-state index contributed by atoms with van der Waals surface area (Å²) >= 11 is 0. The number of ether oxygens (including phenoxy) is 2. The molecule has 0 atom stereocenters.